The molecule has 0 bridgehead atoms. The fraction of sp³-hybridized carbons (Fsp3) is 0.312. The summed E-state index contributed by atoms with van der Waals surface area (Å²) in [5.41, 5.74) is 2.38. The van der Waals surface area contributed by atoms with Crippen molar-refractivity contribution in [1.29, 1.82) is 0 Å². The van der Waals surface area contributed by atoms with E-state index in [4.69, 9.17) is 13.9 Å². The molecule has 0 aliphatic carbocycles. The normalized spacial score (nSPS) is 13.2. The van der Waals surface area contributed by atoms with Gasteiger partial charge < -0.3 is 13.9 Å². The Morgan fingerprint density at radius 2 is 1.82 bits per heavy atom. The number of carbonyl (C=O) groups excluding carboxylic acids is 1. The molecule has 9 nitrogen and oxygen atoms in total. The van der Waals surface area contributed by atoms with Crippen molar-refractivity contribution < 1.29 is 40.3 Å². The lowest BCUT2D eigenvalue weighted by molar-refractivity contribution is -0.143. The molecule has 0 spiro atoms. The van der Waals surface area contributed by atoms with Crippen molar-refractivity contribution >= 4 is 21.9 Å². The van der Waals surface area contributed by atoms with E-state index in [2.05, 4.69) is 4.98 Å². The third kappa shape index (κ3) is 7.48. The van der Waals surface area contributed by atoms with Crippen LogP contribution in [0.4, 0.5) is 18.9 Å². The minimum Gasteiger partial charge on any atom is -0.493 e. The number of fused-ring (bicyclic) bond motifs is 1. The van der Waals surface area contributed by atoms with Crippen molar-refractivity contribution in [2.45, 2.75) is 39.4 Å². The number of nitrogens with zero attached hydrogens (tertiary/aromatic N) is 3. The first-order chi connectivity index (χ1) is 21.5. The third-order valence-electron chi connectivity index (χ3n) is 7.28. The second kappa shape index (κ2) is 13.3. The van der Waals surface area contributed by atoms with E-state index in [1.165, 1.54) is 16.4 Å². The average molecular weight is 644 g/mol. The van der Waals surface area contributed by atoms with Crippen molar-refractivity contribution in [3.8, 4) is 17.2 Å². The molecule has 3 aromatic carbocycles. The number of oxazole rings is 1. The van der Waals surface area contributed by atoms with E-state index < -0.39 is 34.5 Å². The summed E-state index contributed by atoms with van der Waals surface area (Å²) in [7, 11) is -4.08. The fourth-order valence-corrected chi connectivity index (χ4v) is 6.65. The summed E-state index contributed by atoms with van der Waals surface area (Å²) < 4.78 is 85.4. The minimum atomic E-state index is -4.43. The Kier molecular flexibility index (Phi) is 9.49. The van der Waals surface area contributed by atoms with Crippen molar-refractivity contribution in [2.24, 2.45) is 0 Å². The highest BCUT2D eigenvalue weighted by Crippen LogP contribution is 2.33. The molecule has 2 heterocycles. The molecule has 0 N–H and O–H groups in total. The molecule has 4 aromatic rings. The minimum absolute atomic E-state index is 0.0874. The largest absolute Gasteiger partial charge is 0.493 e. The monoisotopic (exact) mass is 643 g/mol. The van der Waals surface area contributed by atoms with E-state index in [0.717, 1.165) is 22.0 Å². The van der Waals surface area contributed by atoms with Crippen molar-refractivity contribution in [1.82, 2.24) is 9.29 Å². The van der Waals surface area contributed by atoms with Crippen molar-refractivity contribution in [3.63, 3.8) is 0 Å². The number of hydrogen-bond donors (Lipinski definition) is 0. The number of halogens is 3. The summed E-state index contributed by atoms with van der Waals surface area (Å²) in [6.07, 6.45) is -3.50. The Hall–Kier alpha value is -4.36. The number of para-hydroxylation sites is 1. The van der Waals surface area contributed by atoms with Crippen molar-refractivity contribution in [3.05, 3.63) is 101 Å². The summed E-state index contributed by atoms with van der Waals surface area (Å²) in [6, 6.07) is 18.8. The molecule has 0 radical (unpaired) electrons. The smallest absolute Gasteiger partial charge is 0.416 e. The van der Waals surface area contributed by atoms with E-state index in [0.29, 0.717) is 46.9 Å². The number of alkyl halides is 3. The molecule has 0 saturated heterocycles. The Bertz CT molecular complexity index is 1760. The van der Waals surface area contributed by atoms with Gasteiger partial charge in [0, 0.05) is 25.1 Å². The van der Waals surface area contributed by atoms with E-state index in [9.17, 15) is 26.4 Å². The van der Waals surface area contributed by atoms with Crippen molar-refractivity contribution in [2.75, 3.05) is 30.6 Å². The number of ether oxygens (including phenoxy) is 2. The summed E-state index contributed by atoms with van der Waals surface area (Å²) >= 11 is 0. The summed E-state index contributed by atoms with van der Waals surface area (Å²) in [5.74, 6) is 0.559. The van der Waals surface area contributed by atoms with Gasteiger partial charge in [-0.05, 0) is 73.9 Å². The Balaban J connectivity index is 1.26. The molecule has 5 rings (SSSR count). The Morgan fingerprint density at radius 3 is 2.56 bits per heavy atom. The summed E-state index contributed by atoms with van der Waals surface area (Å²) in [5, 5.41) is 0. The van der Waals surface area contributed by atoms with Crippen LogP contribution in [0, 0.1) is 6.92 Å². The average Bonchev–Trinajstić information content (AvgIpc) is 3.61. The lowest BCUT2D eigenvalue weighted by Gasteiger charge is -2.28. The quantitative estimate of drug-likeness (QED) is 0.176. The number of aryl methyl sites for hydroxylation is 1. The van der Waals surface area contributed by atoms with Gasteiger partial charge in [-0.2, -0.15) is 25.9 Å². The maximum absolute atomic E-state index is 13.8. The first kappa shape index (κ1) is 32.0. The maximum atomic E-state index is 13.8. The SMILES string of the molecule is CCOC(=O)CN(Cc1cccc(OCCc2nc(-c3ccc(C(F)(F)F)cc3)oc2C)c1)S(=O)(=O)N1CCc2ccccc21. The number of benzene rings is 3. The van der Waals surface area contributed by atoms with Gasteiger partial charge in [-0.25, -0.2) is 4.98 Å². The molecule has 0 amide bonds. The topological polar surface area (TPSA) is 102 Å². The van der Waals surface area contributed by atoms with Crippen LogP contribution in [-0.2, 0) is 45.3 Å². The molecular formula is C32H32F3N3O6S. The van der Waals surface area contributed by atoms with E-state index in [1.807, 2.05) is 12.1 Å². The zero-order valence-electron chi connectivity index (χ0n) is 24.7. The zero-order chi connectivity index (χ0) is 32.2. The van der Waals surface area contributed by atoms with E-state index >= 15 is 0 Å². The van der Waals surface area contributed by atoms with Crippen LogP contribution in [0.5, 0.6) is 5.75 Å². The molecular weight excluding hydrogens is 611 g/mol. The summed E-state index contributed by atoms with van der Waals surface area (Å²) in [6.45, 7) is 3.44. The molecule has 45 heavy (non-hydrogen) atoms. The maximum Gasteiger partial charge on any atom is 0.416 e. The molecule has 1 aliphatic rings. The number of esters is 1. The summed E-state index contributed by atoms with van der Waals surface area (Å²) in [4.78, 5) is 16.9. The van der Waals surface area contributed by atoms with Gasteiger partial charge in [0.2, 0.25) is 5.89 Å². The van der Waals surface area contributed by atoms with Crippen LogP contribution >= 0.6 is 0 Å². The molecule has 13 heteroatoms. The lowest BCUT2D eigenvalue weighted by Crippen LogP contribution is -2.45. The molecule has 0 unspecified atom stereocenters. The van der Waals surface area contributed by atoms with Crippen LogP contribution in [0.2, 0.25) is 0 Å². The fourth-order valence-electron chi connectivity index (χ4n) is 5.04. The predicted molar refractivity (Wildman–Crippen MR) is 161 cm³/mol. The predicted octanol–water partition coefficient (Wildman–Crippen LogP) is 5.96. The van der Waals surface area contributed by atoms with Crippen LogP contribution in [0.25, 0.3) is 11.5 Å². The van der Waals surface area contributed by atoms with Crippen LogP contribution in [0.15, 0.2) is 77.2 Å². The molecule has 1 aromatic heterocycles. The Morgan fingerprint density at radius 1 is 1.07 bits per heavy atom. The molecule has 1 aliphatic heterocycles. The van der Waals surface area contributed by atoms with Crippen LogP contribution in [0.3, 0.4) is 0 Å². The van der Waals surface area contributed by atoms with Gasteiger partial charge in [0.05, 0.1) is 30.2 Å². The van der Waals surface area contributed by atoms with Gasteiger partial charge >= 0.3 is 22.4 Å². The first-order valence-corrected chi connectivity index (χ1v) is 15.7. The Labute approximate surface area is 259 Å². The van der Waals surface area contributed by atoms with Gasteiger partial charge in [-0.1, -0.05) is 30.3 Å². The van der Waals surface area contributed by atoms with Crippen LogP contribution in [0.1, 0.15) is 35.1 Å². The first-order valence-electron chi connectivity index (χ1n) is 14.3. The second-order valence-corrected chi connectivity index (χ2v) is 12.2. The zero-order valence-corrected chi connectivity index (χ0v) is 25.5. The van der Waals surface area contributed by atoms with Gasteiger partial charge in [0.25, 0.3) is 0 Å². The highest BCUT2D eigenvalue weighted by molar-refractivity contribution is 7.90. The number of carbonyl (C=O) groups is 1. The number of rotatable bonds is 12. The molecule has 0 saturated carbocycles. The molecule has 0 atom stereocenters. The molecule has 238 valence electrons. The van der Waals surface area contributed by atoms with Crippen LogP contribution < -0.4 is 9.04 Å². The second-order valence-electron chi connectivity index (χ2n) is 10.4. The molecule has 0 fully saturated rings. The van der Waals surface area contributed by atoms with Gasteiger partial charge in [0.15, 0.2) is 0 Å². The van der Waals surface area contributed by atoms with Crippen LogP contribution in [-0.4, -0.2) is 50.0 Å². The standard InChI is InChI=1S/C32H32F3N3O6S/c1-3-42-30(39)21-37(45(40,41)38-17-15-24-8-4-5-10-29(24)38)20-23-7-6-9-27(19-23)43-18-16-28-22(2)44-31(36-28)25-11-13-26(14-12-25)32(33,34)35/h4-14,19H,3,15-18,20-21H2,1-2H3. The number of aromatic nitrogens is 1. The van der Waals surface area contributed by atoms with E-state index in [1.54, 1.807) is 50.2 Å². The van der Waals surface area contributed by atoms with Gasteiger partial charge in [-0.15, -0.1) is 0 Å². The van der Waals surface area contributed by atoms with Gasteiger partial charge in [0.1, 0.15) is 18.1 Å². The third-order valence-corrected chi connectivity index (χ3v) is 9.12. The van der Waals surface area contributed by atoms with Gasteiger partial charge in [-0.3, -0.25) is 9.10 Å². The highest BCUT2D eigenvalue weighted by atomic mass is 32.2. The lowest BCUT2D eigenvalue weighted by atomic mass is 10.1. The number of anilines is 1. The number of hydrogen-bond acceptors (Lipinski definition) is 7. The van der Waals surface area contributed by atoms with E-state index in [-0.39, 0.29) is 32.2 Å². The highest BCUT2D eigenvalue weighted by Gasteiger charge is 2.36.